The molecule has 0 fully saturated rings. The molecule has 0 aliphatic carbocycles. The molecule has 3 rings (SSSR count). The minimum absolute atomic E-state index is 0.164. The van der Waals surface area contributed by atoms with Gasteiger partial charge in [-0.2, -0.15) is 0 Å². The van der Waals surface area contributed by atoms with Crippen LogP contribution < -0.4 is 15.4 Å². The Morgan fingerprint density at radius 3 is 2.17 bits per heavy atom. The van der Waals surface area contributed by atoms with Gasteiger partial charge < -0.3 is 15.4 Å². The molecule has 2 amide bonds. The first-order valence-electron chi connectivity index (χ1n) is 9.97. The van der Waals surface area contributed by atoms with E-state index in [0.717, 1.165) is 11.1 Å². The van der Waals surface area contributed by atoms with Gasteiger partial charge in [0.25, 0.3) is 11.8 Å². The molecule has 1 unspecified atom stereocenters. The minimum atomic E-state index is -0.591. The lowest BCUT2D eigenvalue weighted by Gasteiger charge is -2.18. The van der Waals surface area contributed by atoms with Gasteiger partial charge in [-0.1, -0.05) is 37.3 Å². The van der Waals surface area contributed by atoms with Crippen LogP contribution in [0.5, 0.6) is 5.75 Å². The second kappa shape index (κ2) is 9.74. The molecule has 3 aromatic rings. The van der Waals surface area contributed by atoms with Gasteiger partial charge in [0, 0.05) is 16.9 Å². The van der Waals surface area contributed by atoms with Crippen LogP contribution in [-0.4, -0.2) is 17.9 Å². The molecule has 2 N–H and O–H groups in total. The molecule has 5 heteroatoms. The van der Waals surface area contributed by atoms with Crippen LogP contribution in [0.3, 0.4) is 0 Å². The van der Waals surface area contributed by atoms with E-state index in [0.29, 0.717) is 29.1 Å². The summed E-state index contributed by atoms with van der Waals surface area (Å²) >= 11 is 0. The predicted molar refractivity (Wildman–Crippen MR) is 120 cm³/mol. The molecule has 0 saturated carbocycles. The first kappa shape index (κ1) is 21.1. The molecule has 0 radical (unpaired) electrons. The molecular formula is C25H26N2O3. The SMILES string of the molecule is CCC(Oc1cccc(C)c1)C(=O)Nc1ccc(NC(=O)c2ccccc2C)cc1. The van der Waals surface area contributed by atoms with Crippen LogP contribution in [0.2, 0.25) is 0 Å². The molecule has 0 saturated heterocycles. The molecule has 30 heavy (non-hydrogen) atoms. The summed E-state index contributed by atoms with van der Waals surface area (Å²) in [7, 11) is 0. The summed E-state index contributed by atoms with van der Waals surface area (Å²) in [6.07, 6.45) is -0.0445. The summed E-state index contributed by atoms with van der Waals surface area (Å²) in [6, 6.07) is 22.1. The summed E-state index contributed by atoms with van der Waals surface area (Å²) < 4.78 is 5.85. The highest BCUT2D eigenvalue weighted by atomic mass is 16.5. The molecule has 0 heterocycles. The largest absolute Gasteiger partial charge is 0.481 e. The number of carbonyl (C=O) groups excluding carboxylic acids is 2. The van der Waals surface area contributed by atoms with Crippen LogP contribution in [0.15, 0.2) is 72.8 Å². The zero-order chi connectivity index (χ0) is 21.5. The molecule has 5 nitrogen and oxygen atoms in total. The normalized spacial score (nSPS) is 11.4. The third kappa shape index (κ3) is 5.47. The van der Waals surface area contributed by atoms with E-state index in [1.807, 2.05) is 63.2 Å². The maximum atomic E-state index is 12.6. The Labute approximate surface area is 177 Å². The van der Waals surface area contributed by atoms with Crippen molar-refractivity contribution in [2.75, 3.05) is 10.6 Å². The van der Waals surface area contributed by atoms with Gasteiger partial charge >= 0.3 is 0 Å². The summed E-state index contributed by atoms with van der Waals surface area (Å²) in [6.45, 7) is 5.79. The smallest absolute Gasteiger partial charge is 0.265 e. The zero-order valence-electron chi connectivity index (χ0n) is 17.4. The molecule has 0 bridgehead atoms. The molecule has 3 aromatic carbocycles. The first-order chi connectivity index (χ1) is 14.5. The number of ether oxygens (including phenoxy) is 1. The van der Waals surface area contributed by atoms with Gasteiger partial charge in [-0.05, 0) is 73.9 Å². The third-order valence-corrected chi connectivity index (χ3v) is 4.73. The number of carbonyl (C=O) groups is 2. The standard InChI is InChI=1S/C25H26N2O3/c1-4-23(30-21-10-7-8-17(2)16-21)25(29)27-20-14-12-19(13-15-20)26-24(28)22-11-6-5-9-18(22)3/h5-16,23H,4H2,1-3H3,(H,26,28)(H,27,29). The van der Waals surface area contributed by atoms with Crippen molar-refractivity contribution < 1.29 is 14.3 Å². The molecule has 154 valence electrons. The molecule has 0 spiro atoms. The van der Waals surface area contributed by atoms with Gasteiger partial charge in [-0.3, -0.25) is 9.59 Å². The zero-order valence-corrected chi connectivity index (χ0v) is 17.4. The lowest BCUT2D eigenvalue weighted by Crippen LogP contribution is -2.32. The van der Waals surface area contributed by atoms with E-state index in [2.05, 4.69) is 10.6 Å². The van der Waals surface area contributed by atoms with Crippen molar-refractivity contribution in [2.45, 2.75) is 33.3 Å². The van der Waals surface area contributed by atoms with Crippen LogP contribution >= 0.6 is 0 Å². The molecule has 0 aromatic heterocycles. The van der Waals surface area contributed by atoms with Crippen molar-refractivity contribution in [3.63, 3.8) is 0 Å². The van der Waals surface area contributed by atoms with E-state index >= 15 is 0 Å². The van der Waals surface area contributed by atoms with Crippen LogP contribution in [-0.2, 0) is 4.79 Å². The molecule has 1 atom stereocenters. The number of benzene rings is 3. The second-order valence-electron chi connectivity index (χ2n) is 7.17. The highest BCUT2D eigenvalue weighted by Gasteiger charge is 2.18. The number of hydrogen-bond donors (Lipinski definition) is 2. The molecule has 0 aliphatic heterocycles. The summed E-state index contributed by atoms with van der Waals surface area (Å²) in [5.74, 6) is 0.296. The Morgan fingerprint density at radius 1 is 0.867 bits per heavy atom. The van der Waals surface area contributed by atoms with E-state index in [4.69, 9.17) is 4.74 Å². The van der Waals surface area contributed by atoms with Crippen molar-refractivity contribution in [3.8, 4) is 5.75 Å². The van der Waals surface area contributed by atoms with Gasteiger partial charge in [-0.15, -0.1) is 0 Å². The average molecular weight is 402 g/mol. The summed E-state index contributed by atoms with van der Waals surface area (Å²) in [5, 5.41) is 5.75. The van der Waals surface area contributed by atoms with Crippen LogP contribution in [0.25, 0.3) is 0 Å². The number of amides is 2. The number of anilines is 2. The maximum Gasteiger partial charge on any atom is 0.265 e. The van der Waals surface area contributed by atoms with Gasteiger partial charge in [0.15, 0.2) is 6.10 Å². The predicted octanol–water partition coefficient (Wildman–Crippen LogP) is 5.35. The van der Waals surface area contributed by atoms with Crippen LogP contribution in [0, 0.1) is 13.8 Å². The Morgan fingerprint density at radius 2 is 1.53 bits per heavy atom. The number of aryl methyl sites for hydroxylation is 2. The number of hydrogen-bond acceptors (Lipinski definition) is 3. The van der Waals surface area contributed by atoms with Crippen molar-refractivity contribution in [3.05, 3.63) is 89.5 Å². The number of rotatable bonds is 7. The highest BCUT2D eigenvalue weighted by Crippen LogP contribution is 2.19. The van der Waals surface area contributed by atoms with E-state index < -0.39 is 6.10 Å². The van der Waals surface area contributed by atoms with Gasteiger partial charge in [-0.25, -0.2) is 0 Å². The van der Waals surface area contributed by atoms with Crippen molar-refractivity contribution in [1.82, 2.24) is 0 Å². The summed E-state index contributed by atoms with van der Waals surface area (Å²) in [5.41, 5.74) is 3.92. The maximum absolute atomic E-state index is 12.6. The van der Waals surface area contributed by atoms with Crippen LogP contribution in [0.1, 0.15) is 34.8 Å². The van der Waals surface area contributed by atoms with Gasteiger partial charge in [0.1, 0.15) is 5.75 Å². The average Bonchev–Trinajstić information content (AvgIpc) is 2.73. The van der Waals surface area contributed by atoms with E-state index in [1.165, 1.54) is 0 Å². The molecular weight excluding hydrogens is 376 g/mol. The lowest BCUT2D eigenvalue weighted by atomic mass is 10.1. The van der Waals surface area contributed by atoms with Crippen molar-refractivity contribution >= 4 is 23.2 Å². The summed E-state index contributed by atoms with van der Waals surface area (Å²) in [4.78, 5) is 25.0. The Kier molecular flexibility index (Phi) is 6.86. The van der Waals surface area contributed by atoms with Crippen molar-refractivity contribution in [1.29, 1.82) is 0 Å². The van der Waals surface area contributed by atoms with E-state index in [9.17, 15) is 9.59 Å². The van der Waals surface area contributed by atoms with E-state index in [-0.39, 0.29) is 11.8 Å². The van der Waals surface area contributed by atoms with Crippen LogP contribution in [0.4, 0.5) is 11.4 Å². The highest BCUT2D eigenvalue weighted by molar-refractivity contribution is 6.05. The Hall–Kier alpha value is -3.60. The second-order valence-corrected chi connectivity index (χ2v) is 7.17. The van der Waals surface area contributed by atoms with Gasteiger partial charge in [0.05, 0.1) is 0 Å². The quantitative estimate of drug-likeness (QED) is 0.560. The fourth-order valence-electron chi connectivity index (χ4n) is 3.06. The monoisotopic (exact) mass is 402 g/mol. The van der Waals surface area contributed by atoms with Gasteiger partial charge in [0.2, 0.25) is 0 Å². The first-order valence-corrected chi connectivity index (χ1v) is 9.97. The topological polar surface area (TPSA) is 67.4 Å². The fraction of sp³-hybridized carbons (Fsp3) is 0.200. The number of nitrogens with one attached hydrogen (secondary N) is 2. The van der Waals surface area contributed by atoms with E-state index in [1.54, 1.807) is 30.3 Å². The Balaban J connectivity index is 1.61. The Bertz CT molecular complexity index is 1030. The fourth-order valence-corrected chi connectivity index (χ4v) is 3.06. The molecule has 0 aliphatic rings. The van der Waals surface area contributed by atoms with Crippen molar-refractivity contribution in [2.24, 2.45) is 0 Å². The lowest BCUT2D eigenvalue weighted by molar-refractivity contribution is -0.122. The third-order valence-electron chi connectivity index (χ3n) is 4.73. The minimum Gasteiger partial charge on any atom is -0.481 e.